The Morgan fingerprint density at radius 2 is 1.69 bits per heavy atom. The maximum atomic E-state index is 13.4. The third-order valence-electron chi connectivity index (χ3n) is 6.25. The molecule has 164 valence electrons. The second-order valence-electron chi connectivity index (χ2n) is 9.06. The lowest BCUT2D eigenvalue weighted by Gasteiger charge is -2.40. The van der Waals surface area contributed by atoms with Gasteiger partial charge in [0.2, 0.25) is 0 Å². The molecule has 0 saturated carbocycles. The van der Waals surface area contributed by atoms with E-state index >= 15 is 0 Å². The molecule has 0 spiro atoms. The highest BCUT2D eigenvalue weighted by Crippen LogP contribution is 2.38. The number of aryl methyl sites for hydroxylation is 2. The van der Waals surface area contributed by atoms with Gasteiger partial charge in [-0.05, 0) is 87.8 Å². The van der Waals surface area contributed by atoms with Crippen LogP contribution in [0, 0.1) is 13.8 Å². The van der Waals surface area contributed by atoms with Gasteiger partial charge in [-0.3, -0.25) is 19.8 Å². The summed E-state index contributed by atoms with van der Waals surface area (Å²) in [5.74, 6) is -0.904. The number of anilines is 2. The normalized spacial score (nSPS) is 19.1. The minimum Gasteiger partial charge on any atom is -0.366 e. The van der Waals surface area contributed by atoms with Crippen LogP contribution in [0.2, 0.25) is 0 Å². The van der Waals surface area contributed by atoms with Crippen molar-refractivity contribution in [1.29, 1.82) is 0 Å². The standard InChI is InChI=1S/C26H27N3O2S/c1-15-7-9-21(16(2)11-15)29-24(31)20(23(30)27-25(29)32)13-18-8-10-22-19(12-18)17(3)14-26(4,5)28(22)6/h7-14H,1-6H3,(H,27,30,32)/b20-13+. The van der Waals surface area contributed by atoms with E-state index < -0.39 is 11.8 Å². The van der Waals surface area contributed by atoms with Crippen LogP contribution in [0.1, 0.15) is 43.0 Å². The quantitative estimate of drug-likeness (QED) is 0.411. The predicted molar refractivity (Wildman–Crippen MR) is 135 cm³/mol. The Morgan fingerprint density at radius 1 is 1.00 bits per heavy atom. The van der Waals surface area contributed by atoms with Gasteiger partial charge >= 0.3 is 0 Å². The first kappa shape index (κ1) is 22.0. The molecular formula is C26H27N3O2S. The van der Waals surface area contributed by atoms with Crippen LogP contribution in [0.4, 0.5) is 11.4 Å². The maximum Gasteiger partial charge on any atom is 0.270 e. The summed E-state index contributed by atoms with van der Waals surface area (Å²) in [6, 6.07) is 11.8. The molecule has 0 bridgehead atoms. The van der Waals surface area contributed by atoms with Crippen LogP contribution in [0.5, 0.6) is 0 Å². The molecule has 0 unspecified atom stereocenters. The minimum atomic E-state index is -0.482. The lowest BCUT2D eigenvalue weighted by molar-refractivity contribution is -0.122. The Balaban J connectivity index is 1.75. The molecule has 0 atom stereocenters. The van der Waals surface area contributed by atoms with E-state index in [1.807, 2.05) is 50.2 Å². The van der Waals surface area contributed by atoms with Gasteiger partial charge in [0.25, 0.3) is 11.8 Å². The lowest BCUT2D eigenvalue weighted by Crippen LogP contribution is -2.54. The van der Waals surface area contributed by atoms with Crippen molar-refractivity contribution >= 4 is 52.2 Å². The summed E-state index contributed by atoms with van der Waals surface area (Å²) in [4.78, 5) is 29.7. The Hall–Kier alpha value is -3.25. The SMILES string of the molecule is CC1=CC(C)(C)N(C)c2ccc(/C=C3\C(=O)NC(=S)N(c4ccc(C)cc4C)C3=O)cc21. The van der Waals surface area contributed by atoms with Crippen molar-refractivity contribution in [3.05, 3.63) is 70.3 Å². The maximum absolute atomic E-state index is 13.4. The number of carbonyl (C=O) groups is 2. The van der Waals surface area contributed by atoms with Gasteiger partial charge in [0.05, 0.1) is 11.2 Å². The highest BCUT2D eigenvalue weighted by Gasteiger charge is 2.35. The number of amides is 2. The Labute approximate surface area is 194 Å². The largest absolute Gasteiger partial charge is 0.366 e. The number of nitrogens with one attached hydrogen (secondary N) is 1. The molecule has 2 aromatic carbocycles. The van der Waals surface area contributed by atoms with Gasteiger partial charge in [-0.2, -0.15) is 0 Å². The van der Waals surface area contributed by atoms with E-state index in [4.69, 9.17) is 12.2 Å². The summed E-state index contributed by atoms with van der Waals surface area (Å²) in [5, 5.41) is 2.76. The topological polar surface area (TPSA) is 52.7 Å². The van der Waals surface area contributed by atoms with Crippen LogP contribution >= 0.6 is 12.2 Å². The van der Waals surface area contributed by atoms with E-state index in [0.717, 1.165) is 27.9 Å². The van der Waals surface area contributed by atoms with Gasteiger partial charge in [0, 0.05) is 18.3 Å². The van der Waals surface area contributed by atoms with E-state index in [2.05, 4.69) is 44.1 Å². The predicted octanol–water partition coefficient (Wildman–Crippen LogP) is 4.77. The van der Waals surface area contributed by atoms with Crippen molar-refractivity contribution < 1.29 is 9.59 Å². The number of nitrogens with zero attached hydrogens (tertiary/aromatic N) is 2. The van der Waals surface area contributed by atoms with Crippen LogP contribution in [0.25, 0.3) is 11.6 Å². The van der Waals surface area contributed by atoms with Crippen molar-refractivity contribution in [3.63, 3.8) is 0 Å². The molecule has 6 heteroatoms. The zero-order chi connectivity index (χ0) is 23.4. The van der Waals surface area contributed by atoms with E-state index in [0.29, 0.717) is 5.69 Å². The number of hydrogen-bond donors (Lipinski definition) is 1. The second-order valence-corrected chi connectivity index (χ2v) is 9.45. The number of allylic oxidation sites excluding steroid dienone is 1. The molecule has 1 saturated heterocycles. The highest BCUT2D eigenvalue weighted by molar-refractivity contribution is 7.80. The van der Waals surface area contributed by atoms with E-state index in [9.17, 15) is 9.59 Å². The van der Waals surface area contributed by atoms with E-state index in [-0.39, 0.29) is 16.2 Å². The molecule has 2 amide bonds. The van der Waals surface area contributed by atoms with Crippen molar-refractivity contribution in [3.8, 4) is 0 Å². The van der Waals surface area contributed by atoms with Crippen LogP contribution < -0.4 is 15.1 Å². The molecule has 2 aliphatic heterocycles. The van der Waals surface area contributed by atoms with Gasteiger partial charge in [-0.25, -0.2) is 0 Å². The number of carbonyl (C=O) groups excluding carboxylic acids is 2. The molecule has 2 aliphatic rings. The van der Waals surface area contributed by atoms with Gasteiger partial charge in [-0.1, -0.05) is 29.8 Å². The summed E-state index contributed by atoms with van der Waals surface area (Å²) in [6.45, 7) is 10.3. The minimum absolute atomic E-state index is 0.0599. The van der Waals surface area contributed by atoms with Gasteiger partial charge in [0.15, 0.2) is 5.11 Å². The average molecular weight is 446 g/mol. The van der Waals surface area contributed by atoms with Gasteiger partial charge in [-0.15, -0.1) is 0 Å². The number of fused-ring (bicyclic) bond motifs is 1. The summed E-state index contributed by atoms with van der Waals surface area (Å²) in [5.41, 5.74) is 6.81. The summed E-state index contributed by atoms with van der Waals surface area (Å²) >= 11 is 5.34. The number of rotatable bonds is 2. The third kappa shape index (κ3) is 3.65. The molecule has 32 heavy (non-hydrogen) atoms. The first-order valence-corrected chi connectivity index (χ1v) is 11.0. The smallest absolute Gasteiger partial charge is 0.270 e. The van der Waals surface area contributed by atoms with Crippen molar-refractivity contribution in [2.45, 2.75) is 40.2 Å². The molecule has 5 nitrogen and oxygen atoms in total. The van der Waals surface area contributed by atoms with E-state index in [1.165, 1.54) is 10.5 Å². The molecule has 2 aromatic rings. The summed E-state index contributed by atoms with van der Waals surface area (Å²) in [6.07, 6.45) is 3.87. The van der Waals surface area contributed by atoms with E-state index in [1.54, 1.807) is 6.08 Å². The number of thiocarbonyl (C=S) groups is 1. The molecule has 0 aromatic heterocycles. The third-order valence-corrected chi connectivity index (χ3v) is 6.53. The van der Waals surface area contributed by atoms with Crippen LogP contribution in [-0.4, -0.2) is 29.5 Å². The Bertz CT molecular complexity index is 1240. The van der Waals surface area contributed by atoms with Crippen LogP contribution in [0.3, 0.4) is 0 Å². The zero-order valence-corrected chi connectivity index (χ0v) is 20.1. The molecule has 0 radical (unpaired) electrons. The van der Waals surface area contributed by atoms with Crippen molar-refractivity contribution in [2.75, 3.05) is 16.8 Å². The molecule has 1 N–H and O–H groups in total. The first-order valence-electron chi connectivity index (χ1n) is 10.6. The highest BCUT2D eigenvalue weighted by atomic mass is 32.1. The summed E-state index contributed by atoms with van der Waals surface area (Å²) < 4.78 is 0. The number of likely N-dealkylation sites (N-methyl/N-ethyl adjacent to an activating group) is 1. The van der Waals surface area contributed by atoms with Crippen LogP contribution in [0.15, 0.2) is 48.0 Å². The molecule has 4 rings (SSSR count). The van der Waals surface area contributed by atoms with Crippen LogP contribution in [-0.2, 0) is 9.59 Å². The van der Waals surface area contributed by atoms with Crippen molar-refractivity contribution in [1.82, 2.24) is 5.32 Å². The molecular weight excluding hydrogens is 418 g/mol. The lowest BCUT2D eigenvalue weighted by atomic mass is 9.88. The molecule has 0 aliphatic carbocycles. The fraction of sp³-hybridized carbons (Fsp3) is 0.269. The molecule has 1 fully saturated rings. The van der Waals surface area contributed by atoms with Gasteiger partial charge in [0.1, 0.15) is 5.57 Å². The number of hydrogen-bond acceptors (Lipinski definition) is 4. The fourth-order valence-corrected chi connectivity index (χ4v) is 4.64. The zero-order valence-electron chi connectivity index (χ0n) is 19.2. The summed E-state index contributed by atoms with van der Waals surface area (Å²) in [7, 11) is 2.07. The van der Waals surface area contributed by atoms with Gasteiger partial charge < -0.3 is 4.90 Å². The first-order chi connectivity index (χ1) is 15.0. The second kappa shape index (κ2) is 7.71. The number of benzene rings is 2. The average Bonchev–Trinajstić information content (AvgIpc) is 2.70. The Morgan fingerprint density at radius 3 is 2.38 bits per heavy atom. The fourth-order valence-electron chi connectivity index (χ4n) is 4.37. The Kier molecular flexibility index (Phi) is 5.29. The van der Waals surface area contributed by atoms with Crippen molar-refractivity contribution in [2.24, 2.45) is 0 Å². The molecule has 2 heterocycles. The monoisotopic (exact) mass is 445 g/mol.